The van der Waals surface area contributed by atoms with Crippen molar-refractivity contribution < 1.29 is 14.2 Å². The lowest BCUT2D eigenvalue weighted by molar-refractivity contribution is 0.252. The maximum atomic E-state index is 13.1. The summed E-state index contributed by atoms with van der Waals surface area (Å²) in [6.45, 7) is 1.79. The second kappa shape index (κ2) is 5.09. The molecule has 1 aromatic rings. The van der Waals surface area contributed by atoms with E-state index in [1.807, 2.05) is 6.92 Å². The summed E-state index contributed by atoms with van der Waals surface area (Å²) in [5.41, 5.74) is 6.55. The molecule has 0 fully saturated rings. The highest BCUT2D eigenvalue weighted by molar-refractivity contribution is 5.32. The zero-order valence-electron chi connectivity index (χ0n) is 8.90. The summed E-state index contributed by atoms with van der Waals surface area (Å²) >= 11 is 0. The van der Waals surface area contributed by atoms with Crippen LogP contribution in [-0.2, 0) is 0 Å². The van der Waals surface area contributed by atoms with Crippen LogP contribution in [0.25, 0.3) is 0 Å². The molecule has 15 heavy (non-hydrogen) atoms. The van der Waals surface area contributed by atoms with Gasteiger partial charge in [0, 0.05) is 6.04 Å². The third kappa shape index (κ3) is 2.67. The van der Waals surface area contributed by atoms with E-state index in [-0.39, 0.29) is 24.3 Å². The van der Waals surface area contributed by atoms with E-state index in [4.69, 9.17) is 15.6 Å². The first-order valence-corrected chi connectivity index (χ1v) is 4.80. The standard InChI is InChI=1S/C11H16FNO2/c1-7(10(13)6-14)8-3-4-9(12)11(5-8)15-2/h3-5,7,10,14H,6,13H2,1-2H3. The molecule has 0 saturated heterocycles. The molecule has 0 heterocycles. The first-order valence-electron chi connectivity index (χ1n) is 4.80. The van der Waals surface area contributed by atoms with Gasteiger partial charge < -0.3 is 15.6 Å². The van der Waals surface area contributed by atoms with Crippen molar-refractivity contribution in [2.75, 3.05) is 13.7 Å². The van der Waals surface area contributed by atoms with Gasteiger partial charge in [-0.15, -0.1) is 0 Å². The Morgan fingerprint density at radius 3 is 2.73 bits per heavy atom. The molecule has 0 aliphatic carbocycles. The molecule has 0 radical (unpaired) electrons. The van der Waals surface area contributed by atoms with Gasteiger partial charge in [0.1, 0.15) is 0 Å². The van der Waals surface area contributed by atoms with Gasteiger partial charge in [-0.3, -0.25) is 0 Å². The SMILES string of the molecule is COc1cc(C(C)C(N)CO)ccc1F. The summed E-state index contributed by atoms with van der Waals surface area (Å²) in [6, 6.07) is 4.25. The summed E-state index contributed by atoms with van der Waals surface area (Å²) in [6.07, 6.45) is 0. The molecule has 0 bridgehead atoms. The molecule has 0 saturated carbocycles. The van der Waals surface area contributed by atoms with E-state index in [1.54, 1.807) is 12.1 Å². The zero-order chi connectivity index (χ0) is 11.4. The third-order valence-electron chi connectivity index (χ3n) is 2.55. The predicted octanol–water partition coefficient (Wildman–Crippen LogP) is 1.26. The molecule has 0 spiro atoms. The molecule has 2 unspecified atom stereocenters. The third-order valence-corrected chi connectivity index (χ3v) is 2.55. The average molecular weight is 213 g/mol. The normalized spacial score (nSPS) is 14.7. The van der Waals surface area contributed by atoms with Crippen molar-refractivity contribution in [1.82, 2.24) is 0 Å². The van der Waals surface area contributed by atoms with Crippen LogP contribution in [0.15, 0.2) is 18.2 Å². The van der Waals surface area contributed by atoms with Crippen LogP contribution in [0.3, 0.4) is 0 Å². The van der Waals surface area contributed by atoms with Crippen molar-refractivity contribution in [2.45, 2.75) is 18.9 Å². The van der Waals surface area contributed by atoms with E-state index in [9.17, 15) is 4.39 Å². The lowest BCUT2D eigenvalue weighted by Crippen LogP contribution is -2.30. The molecule has 0 aromatic heterocycles. The zero-order valence-corrected chi connectivity index (χ0v) is 8.90. The van der Waals surface area contributed by atoms with Crippen molar-refractivity contribution in [3.8, 4) is 5.75 Å². The Bertz CT molecular complexity index is 330. The number of ether oxygens (including phenoxy) is 1. The molecule has 1 rings (SSSR count). The van der Waals surface area contributed by atoms with Crippen molar-refractivity contribution >= 4 is 0 Å². The van der Waals surface area contributed by atoms with Crippen LogP contribution < -0.4 is 10.5 Å². The fourth-order valence-electron chi connectivity index (χ4n) is 1.36. The van der Waals surface area contributed by atoms with Gasteiger partial charge in [-0.2, -0.15) is 0 Å². The molecule has 3 nitrogen and oxygen atoms in total. The van der Waals surface area contributed by atoms with Crippen LogP contribution in [0.1, 0.15) is 18.4 Å². The van der Waals surface area contributed by atoms with E-state index >= 15 is 0 Å². The quantitative estimate of drug-likeness (QED) is 0.791. The molecule has 0 aliphatic heterocycles. The van der Waals surface area contributed by atoms with Crippen LogP contribution in [0.5, 0.6) is 5.75 Å². The van der Waals surface area contributed by atoms with Crippen molar-refractivity contribution in [3.63, 3.8) is 0 Å². The Hall–Kier alpha value is -1.13. The molecule has 0 amide bonds. The topological polar surface area (TPSA) is 55.5 Å². The first-order chi connectivity index (χ1) is 7.10. The summed E-state index contributed by atoms with van der Waals surface area (Å²) in [7, 11) is 1.42. The minimum atomic E-state index is -0.397. The average Bonchev–Trinajstić information content (AvgIpc) is 2.27. The Morgan fingerprint density at radius 2 is 2.20 bits per heavy atom. The lowest BCUT2D eigenvalue weighted by Gasteiger charge is -2.18. The van der Waals surface area contributed by atoms with Gasteiger partial charge in [0.25, 0.3) is 0 Å². The van der Waals surface area contributed by atoms with E-state index in [2.05, 4.69) is 0 Å². The molecule has 4 heteroatoms. The number of rotatable bonds is 4. The highest BCUT2D eigenvalue weighted by atomic mass is 19.1. The van der Waals surface area contributed by atoms with Gasteiger partial charge >= 0.3 is 0 Å². The van der Waals surface area contributed by atoms with Crippen LogP contribution in [-0.4, -0.2) is 24.9 Å². The van der Waals surface area contributed by atoms with E-state index in [0.29, 0.717) is 0 Å². The number of aliphatic hydroxyl groups excluding tert-OH is 1. The maximum absolute atomic E-state index is 13.1. The number of methoxy groups -OCH3 is 1. The second-order valence-corrected chi connectivity index (χ2v) is 3.53. The molecule has 84 valence electrons. The Labute approximate surface area is 88.7 Å². The van der Waals surface area contributed by atoms with Gasteiger partial charge in [-0.1, -0.05) is 13.0 Å². The maximum Gasteiger partial charge on any atom is 0.165 e. The Kier molecular flexibility index (Phi) is 4.05. The van der Waals surface area contributed by atoms with Crippen molar-refractivity contribution in [2.24, 2.45) is 5.73 Å². The number of halogens is 1. The first kappa shape index (κ1) is 11.9. The highest BCUT2D eigenvalue weighted by Gasteiger charge is 2.15. The van der Waals surface area contributed by atoms with E-state index in [1.165, 1.54) is 13.2 Å². The number of benzene rings is 1. The molecule has 1 aromatic carbocycles. The molecule has 0 aliphatic rings. The highest BCUT2D eigenvalue weighted by Crippen LogP contribution is 2.24. The summed E-state index contributed by atoms with van der Waals surface area (Å²) in [4.78, 5) is 0. The van der Waals surface area contributed by atoms with Crippen LogP contribution in [0, 0.1) is 5.82 Å². The Balaban J connectivity index is 2.95. The number of aliphatic hydroxyl groups is 1. The van der Waals surface area contributed by atoms with Gasteiger partial charge in [0.05, 0.1) is 13.7 Å². The van der Waals surface area contributed by atoms with Crippen molar-refractivity contribution in [3.05, 3.63) is 29.6 Å². The van der Waals surface area contributed by atoms with E-state index < -0.39 is 5.82 Å². The smallest absolute Gasteiger partial charge is 0.165 e. The van der Waals surface area contributed by atoms with Gasteiger partial charge in [-0.05, 0) is 23.6 Å². The predicted molar refractivity (Wildman–Crippen MR) is 56.4 cm³/mol. The van der Waals surface area contributed by atoms with Crippen LogP contribution in [0.4, 0.5) is 4.39 Å². The fraction of sp³-hybridized carbons (Fsp3) is 0.455. The monoisotopic (exact) mass is 213 g/mol. The number of nitrogens with two attached hydrogens (primary N) is 1. The number of hydrogen-bond acceptors (Lipinski definition) is 3. The van der Waals surface area contributed by atoms with Crippen LogP contribution in [0.2, 0.25) is 0 Å². The molecular weight excluding hydrogens is 197 g/mol. The largest absolute Gasteiger partial charge is 0.494 e. The minimum absolute atomic E-state index is 0.0375. The van der Waals surface area contributed by atoms with Crippen LogP contribution >= 0.6 is 0 Å². The van der Waals surface area contributed by atoms with E-state index in [0.717, 1.165) is 5.56 Å². The fourth-order valence-corrected chi connectivity index (χ4v) is 1.36. The van der Waals surface area contributed by atoms with Gasteiger partial charge in [-0.25, -0.2) is 4.39 Å². The minimum Gasteiger partial charge on any atom is -0.494 e. The molecule has 3 N–H and O–H groups in total. The molecule has 2 atom stereocenters. The van der Waals surface area contributed by atoms with Crippen molar-refractivity contribution in [1.29, 1.82) is 0 Å². The summed E-state index contributed by atoms with van der Waals surface area (Å²) in [5.74, 6) is -0.236. The van der Waals surface area contributed by atoms with Gasteiger partial charge in [0.15, 0.2) is 11.6 Å². The summed E-state index contributed by atoms with van der Waals surface area (Å²) < 4.78 is 18.0. The molecular formula is C11H16FNO2. The van der Waals surface area contributed by atoms with Gasteiger partial charge in [0.2, 0.25) is 0 Å². The summed E-state index contributed by atoms with van der Waals surface area (Å²) in [5, 5.41) is 8.92. The Morgan fingerprint density at radius 1 is 1.53 bits per heavy atom. The second-order valence-electron chi connectivity index (χ2n) is 3.53. The number of hydrogen-bond donors (Lipinski definition) is 2. The lowest BCUT2D eigenvalue weighted by atomic mass is 9.94.